The highest BCUT2D eigenvalue weighted by molar-refractivity contribution is 6.30. The van der Waals surface area contributed by atoms with E-state index in [0.29, 0.717) is 0 Å². The van der Waals surface area contributed by atoms with E-state index in [9.17, 15) is 0 Å². The van der Waals surface area contributed by atoms with Crippen LogP contribution < -0.4 is 4.90 Å². The van der Waals surface area contributed by atoms with Gasteiger partial charge in [0.05, 0.1) is 0 Å². The number of hydrogen-bond acceptors (Lipinski definition) is 1. The maximum absolute atomic E-state index is 6.12. The fraction of sp³-hybridized carbons (Fsp3) is 0.571. The third-order valence-corrected chi connectivity index (χ3v) is 3.45. The van der Waals surface area contributed by atoms with E-state index in [1.165, 1.54) is 37.2 Å². The van der Waals surface area contributed by atoms with E-state index in [4.69, 9.17) is 11.6 Å². The molecule has 1 aliphatic rings. The largest absolute Gasteiger partial charge is 0.371 e. The molecule has 0 unspecified atom stereocenters. The summed E-state index contributed by atoms with van der Waals surface area (Å²) in [5, 5.41) is 0.843. The van der Waals surface area contributed by atoms with Crippen LogP contribution in [0.25, 0.3) is 0 Å². The summed E-state index contributed by atoms with van der Waals surface area (Å²) < 4.78 is 0. The maximum atomic E-state index is 6.12. The van der Waals surface area contributed by atoms with Crippen molar-refractivity contribution in [2.45, 2.75) is 39.0 Å². The highest BCUT2D eigenvalue weighted by Crippen LogP contribution is 2.35. The van der Waals surface area contributed by atoms with Gasteiger partial charge in [0, 0.05) is 23.8 Å². The Hall–Kier alpha value is -0.690. The second-order valence-electron chi connectivity index (χ2n) is 5.61. The molecule has 0 N–H and O–H groups in total. The van der Waals surface area contributed by atoms with E-state index >= 15 is 0 Å². The monoisotopic (exact) mass is 237 g/mol. The minimum absolute atomic E-state index is 0.183. The van der Waals surface area contributed by atoms with Crippen molar-refractivity contribution in [1.82, 2.24) is 0 Å². The minimum Gasteiger partial charge on any atom is -0.371 e. The van der Waals surface area contributed by atoms with Gasteiger partial charge in [0.2, 0.25) is 0 Å². The molecule has 1 nitrogen and oxygen atoms in total. The molecule has 0 bridgehead atoms. The van der Waals surface area contributed by atoms with E-state index in [0.717, 1.165) is 5.02 Å². The Bertz CT molecular complexity index is 373. The highest BCUT2D eigenvalue weighted by Gasteiger charge is 2.23. The summed E-state index contributed by atoms with van der Waals surface area (Å²) in [6, 6.07) is 6.30. The van der Waals surface area contributed by atoms with Gasteiger partial charge in [0.25, 0.3) is 0 Å². The van der Waals surface area contributed by atoms with Crippen molar-refractivity contribution in [2.24, 2.45) is 0 Å². The average molecular weight is 238 g/mol. The molecule has 0 atom stereocenters. The molecule has 16 heavy (non-hydrogen) atoms. The maximum Gasteiger partial charge on any atom is 0.0426 e. The lowest BCUT2D eigenvalue weighted by Crippen LogP contribution is -2.23. The molecule has 1 aromatic rings. The lowest BCUT2D eigenvalue weighted by atomic mass is 9.85. The number of nitrogens with zero attached hydrogens (tertiary/aromatic N) is 1. The van der Waals surface area contributed by atoms with Crippen LogP contribution in [0.4, 0.5) is 5.69 Å². The Labute approximate surface area is 103 Å². The summed E-state index contributed by atoms with van der Waals surface area (Å²) in [6.45, 7) is 9.12. The van der Waals surface area contributed by atoms with Crippen molar-refractivity contribution >= 4 is 17.3 Å². The topological polar surface area (TPSA) is 3.24 Å². The van der Waals surface area contributed by atoms with Crippen LogP contribution in [0.2, 0.25) is 5.02 Å². The number of rotatable bonds is 1. The van der Waals surface area contributed by atoms with Crippen LogP contribution in [0, 0.1) is 0 Å². The molecule has 1 fully saturated rings. The normalized spacial score (nSPS) is 16.9. The lowest BCUT2D eigenvalue weighted by molar-refractivity contribution is 0.588. The van der Waals surface area contributed by atoms with Gasteiger partial charge in [0.1, 0.15) is 0 Å². The molecule has 1 saturated heterocycles. The fourth-order valence-corrected chi connectivity index (χ4v) is 2.53. The van der Waals surface area contributed by atoms with Gasteiger partial charge in [-0.3, -0.25) is 0 Å². The van der Waals surface area contributed by atoms with E-state index in [1.807, 2.05) is 6.07 Å². The van der Waals surface area contributed by atoms with Crippen LogP contribution in [-0.4, -0.2) is 13.1 Å². The second-order valence-corrected chi connectivity index (χ2v) is 6.04. The van der Waals surface area contributed by atoms with Gasteiger partial charge in [-0.2, -0.15) is 0 Å². The van der Waals surface area contributed by atoms with Crippen molar-refractivity contribution in [3.8, 4) is 0 Å². The van der Waals surface area contributed by atoms with E-state index < -0.39 is 0 Å². The third-order valence-electron chi connectivity index (χ3n) is 3.21. The van der Waals surface area contributed by atoms with Gasteiger partial charge in [-0.15, -0.1) is 0 Å². The van der Waals surface area contributed by atoms with Crippen molar-refractivity contribution in [1.29, 1.82) is 0 Å². The minimum atomic E-state index is 0.183. The van der Waals surface area contributed by atoms with Gasteiger partial charge >= 0.3 is 0 Å². The smallest absolute Gasteiger partial charge is 0.0426 e. The molecule has 1 aliphatic heterocycles. The summed E-state index contributed by atoms with van der Waals surface area (Å²) in [4.78, 5) is 2.46. The summed E-state index contributed by atoms with van der Waals surface area (Å²) in [7, 11) is 0. The molecule has 1 aromatic carbocycles. The van der Waals surface area contributed by atoms with E-state index in [-0.39, 0.29) is 5.41 Å². The summed E-state index contributed by atoms with van der Waals surface area (Å²) in [5.74, 6) is 0. The Balaban J connectivity index is 2.43. The Morgan fingerprint density at radius 1 is 1.12 bits per heavy atom. The van der Waals surface area contributed by atoms with Gasteiger partial charge < -0.3 is 4.90 Å². The van der Waals surface area contributed by atoms with Crippen molar-refractivity contribution < 1.29 is 0 Å². The fourth-order valence-electron chi connectivity index (χ4n) is 2.36. The molecule has 88 valence electrons. The first-order chi connectivity index (χ1) is 7.48. The SMILES string of the molecule is CC(C)(C)c1ccc(Cl)cc1N1CCCC1. The molecular weight excluding hydrogens is 218 g/mol. The number of halogens is 1. The van der Waals surface area contributed by atoms with Gasteiger partial charge in [0.15, 0.2) is 0 Å². The molecule has 0 spiro atoms. The first-order valence-electron chi connectivity index (χ1n) is 6.03. The van der Waals surface area contributed by atoms with Gasteiger partial charge in [-0.05, 0) is 36.0 Å². The first kappa shape index (κ1) is 11.8. The van der Waals surface area contributed by atoms with Crippen LogP contribution in [0.3, 0.4) is 0 Å². The van der Waals surface area contributed by atoms with Gasteiger partial charge in [-0.1, -0.05) is 38.4 Å². The molecule has 2 rings (SSSR count). The molecule has 2 heteroatoms. The first-order valence-corrected chi connectivity index (χ1v) is 6.41. The summed E-state index contributed by atoms with van der Waals surface area (Å²) >= 11 is 6.12. The van der Waals surface area contributed by atoms with Crippen LogP contribution in [0.15, 0.2) is 18.2 Å². The quantitative estimate of drug-likeness (QED) is 0.706. The van der Waals surface area contributed by atoms with Gasteiger partial charge in [-0.25, -0.2) is 0 Å². The van der Waals surface area contributed by atoms with E-state index in [1.54, 1.807) is 0 Å². The third kappa shape index (κ3) is 2.35. The summed E-state index contributed by atoms with van der Waals surface area (Å²) in [5.41, 5.74) is 2.92. The number of anilines is 1. The molecule has 0 aliphatic carbocycles. The van der Waals surface area contributed by atoms with Crippen LogP contribution >= 0.6 is 11.6 Å². The predicted molar refractivity (Wildman–Crippen MR) is 71.6 cm³/mol. The summed E-state index contributed by atoms with van der Waals surface area (Å²) in [6.07, 6.45) is 2.60. The molecule has 0 radical (unpaired) electrons. The predicted octanol–water partition coefficient (Wildman–Crippen LogP) is 4.24. The Morgan fingerprint density at radius 3 is 2.31 bits per heavy atom. The Morgan fingerprint density at radius 2 is 1.75 bits per heavy atom. The number of benzene rings is 1. The van der Waals surface area contributed by atoms with Crippen LogP contribution in [0.5, 0.6) is 0 Å². The highest BCUT2D eigenvalue weighted by atomic mass is 35.5. The van der Waals surface area contributed by atoms with Crippen LogP contribution in [-0.2, 0) is 5.41 Å². The molecule has 1 heterocycles. The van der Waals surface area contributed by atoms with Crippen molar-refractivity contribution in [2.75, 3.05) is 18.0 Å². The molecule has 0 amide bonds. The Kier molecular flexibility index (Phi) is 3.16. The molecule has 0 saturated carbocycles. The molecule has 0 aromatic heterocycles. The van der Waals surface area contributed by atoms with Crippen molar-refractivity contribution in [3.05, 3.63) is 28.8 Å². The standard InChI is InChI=1S/C14H20ClN/c1-14(2,3)12-7-6-11(15)10-13(12)16-8-4-5-9-16/h6-7,10H,4-5,8-9H2,1-3H3. The number of hydrogen-bond donors (Lipinski definition) is 0. The van der Waals surface area contributed by atoms with Crippen molar-refractivity contribution in [3.63, 3.8) is 0 Å². The van der Waals surface area contributed by atoms with Crippen LogP contribution in [0.1, 0.15) is 39.2 Å². The average Bonchev–Trinajstić information content (AvgIpc) is 2.68. The lowest BCUT2D eigenvalue weighted by Gasteiger charge is -2.28. The zero-order chi connectivity index (χ0) is 11.8. The zero-order valence-corrected chi connectivity index (χ0v) is 11.1. The zero-order valence-electron chi connectivity index (χ0n) is 10.4. The molecular formula is C14H20ClN. The van der Waals surface area contributed by atoms with E-state index in [2.05, 4.69) is 37.8 Å². The second kappa shape index (κ2) is 4.29.